The highest BCUT2D eigenvalue weighted by Gasteiger charge is 2.16. The summed E-state index contributed by atoms with van der Waals surface area (Å²) in [5.74, 6) is 0. The van der Waals surface area contributed by atoms with Crippen LogP contribution in [0.15, 0.2) is 5.38 Å². The molecule has 2 heterocycles. The van der Waals surface area contributed by atoms with Crippen LogP contribution in [0.2, 0.25) is 0 Å². The highest BCUT2D eigenvalue weighted by molar-refractivity contribution is 7.09. The smallest absolute Gasteiger partial charge is 0.107 e. The SMILES string of the molecule is CCNCc1nc(CN(C)CC2CCCCO2)cs1. The first-order chi connectivity index (χ1) is 9.28. The van der Waals surface area contributed by atoms with Gasteiger partial charge in [0.25, 0.3) is 0 Å². The first kappa shape index (κ1) is 14.9. The summed E-state index contributed by atoms with van der Waals surface area (Å²) in [5, 5.41) is 6.66. The second-order valence-corrected chi connectivity index (χ2v) is 6.14. The average molecular weight is 283 g/mol. The molecule has 4 nitrogen and oxygen atoms in total. The van der Waals surface area contributed by atoms with Crippen molar-refractivity contribution in [3.63, 3.8) is 0 Å². The molecule has 1 unspecified atom stereocenters. The Bertz CT molecular complexity index is 363. The molecule has 0 aliphatic carbocycles. The lowest BCUT2D eigenvalue weighted by Gasteiger charge is -2.26. The first-order valence-corrected chi connectivity index (χ1v) is 8.10. The van der Waals surface area contributed by atoms with Crippen LogP contribution in [0.3, 0.4) is 0 Å². The van der Waals surface area contributed by atoms with Gasteiger partial charge in [-0.25, -0.2) is 4.98 Å². The molecule has 1 saturated heterocycles. The summed E-state index contributed by atoms with van der Waals surface area (Å²) in [5.41, 5.74) is 1.18. The van der Waals surface area contributed by atoms with Crippen molar-refractivity contribution in [2.75, 3.05) is 26.7 Å². The van der Waals surface area contributed by atoms with E-state index in [0.29, 0.717) is 6.10 Å². The van der Waals surface area contributed by atoms with Gasteiger partial charge in [-0.05, 0) is 32.9 Å². The molecule has 1 aliphatic rings. The number of ether oxygens (including phenoxy) is 1. The normalized spacial score (nSPS) is 20.1. The van der Waals surface area contributed by atoms with Crippen molar-refractivity contribution >= 4 is 11.3 Å². The van der Waals surface area contributed by atoms with Crippen LogP contribution < -0.4 is 5.32 Å². The van der Waals surface area contributed by atoms with Crippen LogP contribution in [0.1, 0.15) is 36.9 Å². The molecular formula is C14H25N3OS. The van der Waals surface area contributed by atoms with Gasteiger partial charge in [0.15, 0.2) is 0 Å². The van der Waals surface area contributed by atoms with E-state index in [-0.39, 0.29) is 0 Å². The van der Waals surface area contributed by atoms with Crippen molar-refractivity contribution in [1.82, 2.24) is 15.2 Å². The van der Waals surface area contributed by atoms with Crippen LogP contribution >= 0.6 is 11.3 Å². The Balaban J connectivity index is 1.74. The molecule has 0 bridgehead atoms. The highest BCUT2D eigenvalue weighted by atomic mass is 32.1. The van der Waals surface area contributed by atoms with Gasteiger partial charge in [-0.1, -0.05) is 6.92 Å². The fourth-order valence-corrected chi connectivity index (χ4v) is 3.13. The summed E-state index contributed by atoms with van der Waals surface area (Å²) in [6, 6.07) is 0. The molecule has 0 amide bonds. The van der Waals surface area contributed by atoms with Gasteiger partial charge in [-0.15, -0.1) is 11.3 Å². The van der Waals surface area contributed by atoms with Crippen LogP contribution in [-0.4, -0.2) is 42.7 Å². The lowest BCUT2D eigenvalue weighted by atomic mass is 10.1. The average Bonchev–Trinajstić information content (AvgIpc) is 2.85. The minimum Gasteiger partial charge on any atom is -0.377 e. The largest absolute Gasteiger partial charge is 0.377 e. The summed E-state index contributed by atoms with van der Waals surface area (Å²) in [7, 11) is 2.15. The van der Waals surface area contributed by atoms with Gasteiger partial charge >= 0.3 is 0 Å². The number of rotatable bonds is 7. The number of nitrogens with one attached hydrogen (secondary N) is 1. The molecule has 0 radical (unpaired) electrons. The van der Waals surface area contributed by atoms with Gasteiger partial charge in [0.1, 0.15) is 5.01 Å². The third-order valence-corrected chi connectivity index (χ3v) is 4.24. The minimum absolute atomic E-state index is 0.415. The maximum absolute atomic E-state index is 5.78. The summed E-state index contributed by atoms with van der Waals surface area (Å²) in [4.78, 5) is 6.98. The van der Waals surface area contributed by atoms with Gasteiger partial charge in [-0.3, -0.25) is 4.90 Å². The van der Waals surface area contributed by atoms with Crippen molar-refractivity contribution in [2.45, 2.75) is 45.4 Å². The third-order valence-electron chi connectivity index (χ3n) is 3.35. The van der Waals surface area contributed by atoms with Gasteiger partial charge in [-0.2, -0.15) is 0 Å². The van der Waals surface area contributed by atoms with Gasteiger partial charge in [0.2, 0.25) is 0 Å². The Morgan fingerprint density at radius 1 is 1.53 bits per heavy atom. The van der Waals surface area contributed by atoms with E-state index in [1.54, 1.807) is 11.3 Å². The molecule has 1 aliphatic heterocycles. The highest BCUT2D eigenvalue weighted by Crippen LogP contribution is 2.15. The zero-order chi connectivity index (χ0) is 13.5. The van der Waals surface area contributed by atoms with E-state index in [9.17, 15) is 0 Å². The Hall–Kier alpha value is -0.490. The molecule has 1 fully saturated rings. The molecule has 108 valence electrons. The van der Waals surface area contributed by atoms with Crippen LogP contribution in [0.4, 0.5) is 0 Å². The predicted molar refractivity (Wildman–Crippen MR) is 79.4 cm³/mol. The maximum Gasteiger partial charge on any atom is 0.107 e. The van der Waals surface area contributed by atoms with Crippen molar-refractivity contribution < 1.29 is 4.74 Å². The number of aromatic nitrogens is 1. The zero-order valence-electron chi connectivity index (χ0n) is 12.0. The Morgan fingerprint density at radius 2 is 2.42 bits per heavy atom. The van der Waals surface area contributed by atoms with E-state index in [1.165, 1.54) is 30.0 Å². The molecule has 0 spiro atoms. The number of hydrogen-bond donors (Lipinski definition) is 1. The minimum atomic E-state index is 0.415. The van der Waals surface area contributed by atoms with Crippen molar-refractivity contribution in [2.24, 2.45) is 0 Å². The van der Waals surface area contributed by atoms with E-state index in [4.69, 9.17) is 4.74 Å². The van der Waals surface area contributed by atoms with E-state index in [1.807, 2.05) is 0 Å². The second kappa shape index (κ2) is 7.94. The van der Waals surface area contributed by atoms with Crippen LogP contribution in [0.5, 0.6) is 0 Å². The Morgan fingerprint density at radius 3 is 3.16 bits per heavy atom. The lowest BCUT2D eigenvalue weighted by Crippen LogP contribution is -2.33. The van der Waals surface area contributed by atoms with E-state index in [0.717, 1.165) is 32.8 Å². The molecule has 1 N–H and O–H groups in total. The topological polar surface area (TPSA) is 37.4 Å². The van der Waals surface area contributed by atoms with Gasteiger partial charge < -0.3 is 10.1 Å². The summed E-state index contributed by atoms with van der Waals surface area (Å²) < 4.78 is 5.78. The monoisotopic (exact) mass is 283 g/mol. The molecule has 5 heteroatoms. The summed E-state index contributed by atoms with van der Waals surface area (Å²) in [6.45, 7) is 6.86. The molecular weight excluding hydrogens is 258 g/mol. The number of thiazole rings is 1. The molecule has 1 atom stereocenters. The Labute approximate surface area is 120 Å². The summed E-state index contributed by atoms with van der Waals surface area (Å²) in [6.07, 6.45) is 4.15. The van der Waals surface area contributed by atoms with E-state index >= 15 is 0 Å². The van der Waals surface area contributed by atoms with Crippen LogP contribution in [0, 0.1) is 0 Å². The van der Waals surface area contributed by atoms with Crippen molar-refractivity contribution in [1.29, 1.82) is 0 Å². The standard InChI is InChI=1S/C14H25N3OS/c1-3-15-8-14-16-12(11-19-14)9-17(2)10-13-6-4-5-7-18-13/h11,13,15H,3-10H2,1-2H3. The Kier molecular flexibility index (Phi) is 6.23. The molecule has 19 heavy (non-hydrogen) atoms. The number of hydrogen-bond acceptors (Lipinski definition) is 5. The molecule has 1 aromatic rings. The second-order valence-electron chi connectivity index (χ2n) is 5.20. The quantitative estimate of drug-likeness (QED) is 0.833. The maximum atomic E-state index is 5.78. The predicted octanol–water partition coefficient (Wildman–Crippen LogP) is 2.25. The lowest BCUT2D eigenvalue weighted by molar-refractivity contribution is -0.00272. The first-order valence-electron chi connectivity index (χ1n) is 7.22. The molecule has 2 rings (SSSR count). The number of likely N-dealkylation sites (N-methyl/N-ethyl adjacent to an activating group) is 1. The van der Waals surface area contributed by atoms with Gasteiger partial charge in [0.05, 0.1) is 11.8 Å². The zero-order valence-corrected chi connectivity index (χ0v) is 12.8. The van der Waals surface area contributed by atoms with E-state index < -0.39 is 0 Å². The van der Waals surface area contributed by atoms with Crippen LogP contribution in [-0.2, 0) is 17.8 Å². The molecule has 0 saturated carbocycles. The fourth-order valence-electron chi connectivity index (χ4n) is 2.37. The molecule has 0 aromatic carbocycles. The van der Waals surface area contributed by atoms with Gasteiger partial charge in [0, 0.05) is 31.6 Å². The van der Waals surface area contributed by atoms with Crippen molar-refractivity contribution in [3.8, 4) is 0 Å². The fraction of sp³-hybridized carbons (Fsp3) is 0.786. The summed E-state index contributed by atoms with van der Waals surface area (Å²) >= 11 is 1.75. The molecule has 1 aromatic heterocycles. The van der Waals surface area contributed by atoms with E-state index in [2.05, 4.69) is 34.6 Å². The number of nitrogens with zero attached hydrogens (tertiary/aromatic N) is 2. The van der Waals surface area contributed by atoms with Crippen molar-refractivity contribution in [3.05, 3.63) is 16.1 Å². The third kappa shape index (κ3) is 5.18. The van der Waals surface area contributed by atoms with Crippen LogP contribution in [0.25, 0.3) is 0 Å².